The number of aliphatic carboxylic acids is 1. The SMILES string of the molecule is C[C@]12C=CC(=O)C=C1C=C[C@H]1[C@@H]3CC[C@](O)(CCC(=O)O)[C@@]3(C)CC(N=O)[C@@]12F. The van der Waals surface area contributed by atoms with Crippen LogP contribution >= 0.6 is 0 Å². The van der Waals surface area contributed by atoms with E-state index in [2.05, 4.69) is 5.18 Å². The van der Waals surface area contributed by atoms with Crippen LogP contribution in [0, 0.1) is 27.6 Å². The van der Waals surface area contributed by atoms with Gasteiger partial charge in [-0.2, -0.15) is 4.91 Å². The molecule has 0 aromatic carbocycles. The third-order valence-electron chi connectivity index (χ3n) is 8.41. The number of carboxylic acid groups (broad SMARTS) is 1. The Morgan fingerprint density at radius 2 is 2.07 bits per heavy atom. The number of hydrogen-bond acceptors (Lipinski definition) is 5. The Balaban J connectivity index is 1.82. The lowest BCUT2D eigenvalue weighted by Crippen LogP contribution is -2.66. The van der Waals surface area contributed by atoms with E-state index in [1.165, 1.54) is 12.2 Å². The van der Waals surface area contributed by atoms with E-state index in [0.717, 1.165) is 0 Å². The first kappa shape index (κ1) is 20.1. The van der Waals surface area contributed by atoms with Crippen LogP contribution in [-0.2, 0) is 9.59 Å². The molecule has 7 heteroatoms. The quantitative estimate of drug-likeness (QED) is 0.699. The van der Waals surface area contributed by atoms with Gasteiger partial charge in [-0.25, -0.2) is 4.39 Å². The predicted molar refractivity (Wildman–Crippen MR) is 104 cm³/mol. The summed E-state index contributed by atoms with van der Waals surface area (Å²) in [6.07, 6.45) is 8.60. The monoisotopic (exact) mass is 403 g/mol. The lowest BCUT2D eigenvalue weighted by atomic mass is 9.46. The highest BCUT2D eigenvalue weighted by Gasteiger charge is 2.72. The highest BCUT2D eigenvalue weighted by molar-refractivity contribution is 6.01. The van der Waals surface area contributed by atoms with Gasteiger partial charge in [0.15, 0.2) is 11.5 Å². The molecule has 156 valence electrons. The van der Waals surface area contributed by atoms with Crippen molar-refractivity contribution in [3.8, 4) is 0 Å². The second kappa shape index (κ2) is 6.17. The average Bonchev–Trinajstić information content (AvgIpc) is 2.92. The topological polar surface area (TPSA) is 104 Å². The number of nitrogens with zero attached hydrogens (tertiary/aromatic N) is 1. The van der Waals surface area contributed by atoms with Crippen molar-refractivity contribution in [3.05, 3.63) is 40.9 Å². The Labute approximate surface area is 168 Å². The fourth-order valence-electron chi connectivity index (χ4n) is 6.60. The smallest absolute Gasteiger partial charge is 0.303 e. The number of nitroso groups, excluding NO2 is 1. The number of halogens is 1. The molecule has 29 heavy (non-hydrogen) atoms. The van der Waals surface area contributed by atoms with Gasteiger partial charge >= 0.3 is 5.97 Å². The summed E-state index contributed by atoms with van der Waals surface area (Å²) in [6, 6.07) is -1.22. The molecule has 2 N–H and O–H groups in total. The van der Waals surface area contributed by atoms with Crippen LogP contribution in [0.1, 0.15) is 46.0 Å². The van der Waals surface area contributed by atoms with Crippen molar-refractivity contribution in [1.82, 2.24) is 0 Å². The summed E-state index contributed by atoms with van der Waals surface area (Å²) in [5.41, 5.74) is -4.77. The molecule has 4 aliphatic rings. The molecule has 0 heterocycles. The zero-order chi connectivity index (χ0) is 21.2. The zero-order valence-corrected chi connectivity index (χ0v) is 16.6. The minimum atomic E-state index is -2.02. The fraction of sp³-hybridized carbons (Fsp3) is 0.636. The Bertz CT molecular complexity index is 880. The van der Waals surface area contributed by atoms with Crippen molar-refractivity contribution in [1.29, 1.82) is 0 Å². The largest absolute Gasteiger partial charge is 0.481 e. The highest BCUT2D eigenvalue weighted by atomic mass is 19.1. The number of carboxylic acids is 1. The van der Waals surface area contributed by atoms with Gasteiger partial charge in [0.25, 0.3) is 0 Å². The van der Waals surface area contributed by atoms with Gasteiger partial charge in [-0.15, -0.1) is 0 Å². The molecule has 4 rings (SSSR count). The number of fused-ring (bicyclic) bond motifs is 5. The number of rotatable bonds is 4. The molecule has 0 amide bonds. The third-order valence-corrected chi connectivity index (χ3v) is 8.41. The lowest BCUT2D eigenvalue weighted by Gasteiger charge is -2.60. The maximum Gasteiger partial charge on any atom is 0.303 e. The molecule has 0 bridgehead atoms. The molecule has 0 saturated heterocycles. The fourth-order valence-corrected chi connectivity index (χ4v) is 6.60. The minimum absolute atomic E-state index is 0.0444. The standard InChI is InChI=1S/C22H26FNO5/c1-19-8-5-14(25)11-13(19)3-4-16-15-6-9-21(28,10-7-18(26)27)20(15,2)12-17(24-29)22(16,19)23/h3-5,8,11,15-17,28H,6-7,9-10,12H2,1-2H3,(H,26,27)/t15-,16-,17?,19-,20-,21-,22-/m0/s1. The van der Waals surface area contributed by atoms with Crippen LogP contribution < -0.4 is 0 Å². The van der Waals surface area contributed by atoms with E-state index < -0.39 is 40.0 Å². The molecule has 0 aromatic rings. The van der Waals surface area contributed by atoms with Crippen molar-refractivity contribution in [2.45, 2.75) is 63.3 Å². The van der Waals surface area contributed by atoms with Crippen molar-refractivity contribution in [3.63, 3.8) is 0 Å². The third kappa shape index (κ3) is 2.43. The first-order valence-electron chi connectivity index (χ1n) is 10.1. The van der Waals surface area contributed by atoms with Gasteiger partial charge < -0.3 is 10.2 Å². The number of alkyl halides is 1. The predicted octanol–water partition coefficient (Wildman–Crippen LogP) is 3.50. The van der Waals surface area contributed by atoms with Crippen molar-refractivity contribution in [2.24, 2.45) is 27.8 Å². The zero-order valence-electron chi connectivity index (χ0n) is 16.6. The summed E-state index contributed by atoms with van der Waals surface area (Å²) in [4.78, 5) is 34.8. The summed E-state index contributed by atoms with van der Waals surface area (Å²) in [7, 11) is 0. The van der Waals surface area contributed by atoms with Gasteiger partial charge in [-0.3, -0.25) is 9.59 Å². The van der Waals surface area contributed by atoms with Crippen LogP contribution in [-0.4, -0.2) is 39.3 Å². The minimum Gasteiger partial charge on any atom is -0.481 e. The van der Waals surface area contributed by atoms with E-state index in [4.69, 9.17) is 5.11 Å². The normalized spacial score (nSPS) is 47.8. The van der Waals surface area contributed by atoms with Gasteiger partial charge in [0.2, 0.25) is 0 Å². The molecule has 0 aromatic heterocycles. The van der Waals surface area contributed by atoms with E-state index in [0.29, 0.717) is 18.4 Å². The molecular formula is C22H26FNO5. The van der Waals surface area contributed by atoms with Crippen molar-refractivity contribution >= 4 is 11.8 Å². The molecule has 2 saturated carbocycles. The summed E-state index contributed by atoms with van der Waals surface area (Å²) >= 11 is 0. The van der Waals surface area contributed by atoms with E-state index in [1.807, 2.05) is 6.92 Å². The van der Waals surface area contributed by atoms with Crippen molar-refractivity contribution < 1.29 is 24.2 Å². The van der Waals surface area contributed by atoms with Crippen LogP contribution in [0.15, 0.2) is 41.1 Å². The van der Waals surface area contributed by atoms with Gasteiger partial charge in [0, 0.05) is 23.2 Å². The second-order valence-corrected chi connectivity index (χ2v) is 9.50. The highest BCUT2D eigenvalue weighted by Crippen LogP contribution is 2.69. The van der Waals surface area contributed by atoms with Crippen LogP contribution in [0.4, 0.5) is 4.39 Å². The number of carbonyl (C=O) groups excluding carboxylic acids is 1. The van der Waals surface area contributed by atoms with Crippen LogP contribution in [0.25, 0.3) is 0 Å². The molecular weight excluding hydrogens is 377 g/mol. The van der Waals surface area contributed by atoms with Gasteiger partial charge in [0.05, 0.1) is 5.60 Å². The maximum atomic E-state index is 17.0. The van der Waals surface area contributed by atoms with Crippen LogP contribution in [0.2, 0.25) is 0 Å². The van der Waals surface area contributed by atoms with Crippen molar-refractivity contribution in [2.75, 3.05) is 0 Å². The van der Waals surface area contributed by atoms with Gasteiger partial charge in [0.1, 0.15) is 6.04 Å². The summed E-state index contributed by atoms with van der Waals surface area (Å²) in [5, 5.41) is 23.7. The molecule has 1 unspecified atom stereocenters. The summed E-state index contributed by atoms with van der Waals surface area (Å²) in [5.74, 6) is -2.14. The molecule has 4 aliphatic carbocycles. The van der Waals surface area contributed by atoms with Gasteiger partial charge in [-0.05, 0) is 56.3 Å². The van der Waals surface area contributed by atoms with E-state index in [-0.39, 0.29) is 31.0 Å². The Morgan fingerprint density at radius 3 is 2.72 bits per heavy atom. The molecule has 0 aliphatic heterocycles. The number of carbonyl (C=O) groups is 2. The number of aliphatic hydroxyl groups is 1. The molecule has 0 radical (unpaired) electrons. The van der Waals surface area contributed by atoms with E-state index in [1.54, 1.807) is 25.2 Å². The Hall–Kier alpha value is -2.15. The first-order chi connectivity index (χ1) is 13.5. The van der Waals surface area contributed by atoms with Crippen LogP contribution in [0.3, 0.4) is 0 Å². The molecule has 6 nitrogen and oxygen atoms in total. The molecule has 7 atom stereocenters. The van der Waals surface area contributed by atoms with E-state index in [9.17, 15) is 19.6 Å². The Kier molecular flexibility index (Phi) is 4.29. The molecule has 0 spiro atoms. The van der Waals surface area contributed by atoms with Crippen LogP contribution in [0.5, 0.6) is 0 Å². The number of allylic oxidation sites excluding steroid dienone is 6. The lowest BCUT2D eigenvalue weighted by molar-refractivity contribution is -0.161. The molecule has 2 fully saturated rings. The second-order valence-electron chi connectivity index (χ2n) is 9.50. The summed E-state index contributed by atoms with van der Waals surface area (Å²) in [6.45, 7) is 3.54. The number of hydrogen-bond donors (Lipinski definition) is 2. The maximum absolute atomic E-state index is 17.0. The Morgan fingerprint density at radius 1 is 1.34 bits per heavy atom. The van der Waals surface area contributed by atoms with Gasteiger partial charge in [-0.1, -0.05) is 30.3 Å². The first-order valence-corrected chi connectivity index (χ1v) is 10.1. The van der Waals surface area contributed by atoms with E-state index >= 15 is 4.39 Å². The summed E-state index contributed by atoms with van der Waals surface area (Å²) < 4.78 is 17.0. The average molecular weight is 403 g/mol. The number of ketones is 1.